The number of rotatable bonds is 4. The van der Waals surface area contributed by atoms with E-state index in [9.17, 15) is 4.39 Å². The van der Waals surface area contributed by atoms with Crippen LogP contribution >= 0.6 is 0 Å². The fourth-order valence-electron chi connectivity index (χ4n) is 2.11. The monoisotopic (exact) mass is 262 g/mol. The van der Waals surface area contributed by atoms with Gasteiger partial charge in [0.25, 0.3) is 0 Å². The maximum Gasteiger partial charge on any atom is 0.222 e. The fraction of sp³-hybridized carbons (Fsp3) is 0.357. The number of nitrogen functional groups attached to an aromatic ring is 1. The van der Waals surface area contributed by atoms with Gasteiger partial charge in [0.15, 0.2) is 0 Å². The average Bonchev–Trinajstić information content (AvgIpc) is 2.75. The highest BCUT2D eigenvalue weighted by atomic mass is 19.1. The summed E-state index contributed by atoms with van der Waals surface area (Å²) < 4.78 is 24.0. The maximum atomic E-state index is 13.4. The van der Waals surface area contributed by atoms with E-state index in [1.54, 1.807) is 12.1 Å². The largest absolute Gasteiger partial charge is 0.493 e. The minimum Gasteiger partial charge on any atom is -0.493 e. The molecule has 2 N–H and O–H groups in total. The van der Waals surface area contributed by atoms with Crippen LogP contribution in [0.4, 0.5) is 10.3 Å². The van der Waals surface area contributed by atoms with Crippen LogP contribution in [0.2, 0.25) is 0 Å². The Bertz CT molecular complexity index is 579. The molecule has 1 aromatic carbocycles. The molecule has 0 saturated heterocycles. The van der Waals surface area contributed by atoms with Crippen molar-refractivity contribution < 1.29 is 13.7 Å². The third kappa shape index (κ3) is 2.54. The highest BCUT2D eigenvalue weighted by Gasteiger charge is 2.19. The number of ether oxygens (including phenoxy) is 1. The number of nitrogens with two attached hydrogens (primary N) is 1. The summed E-state index contributed by atoms with van der Waals surface area (Å²) >= 11 is 0. The molecule has 0 bridgehead atoms. The fourth-order valence-corrected chi connectivity index (χ4v) is 2.11. The molecule has 5 heteroatoms. The molecule has 1 saturated carbocycles. The first-order valence-corrected chi connectivity index (χ1v) is 6.37. The number of aromatic nitrogens is 1. The van der Waals surface area contributed by atoms with Crippen LogP contribution in [0.3, 0.4) is 0 Å². The molecule has 1 aliphatic carbocycles. The van der Waals surface area contributed by atoms with Gasteiger partial charge < -0.3 is 15.0 Å². The molecule has 0 amide bonds. The van der Waals surface area contributed by atoms with Gasteiger partial charge in [0.1, 0.15) is 17.3 Å². The second-order valence-corrected chi connectivity index (χ2v) is 4.86. The Morgan fingerprint density at radius 3 is 2.84 bits per heavy atom. The SMILES string of the molecule is Nc1cc(-c2cc(F)ccc2OCC2CCC2)no1. The van der Waals surface area contributed by atoms with Crippen molar-refractivity contribution in [2.75, 3.05) is 12.3 Å². The third-order valence-corrected chi connectivity index (χ3v) is 3.45. The molecule has 100 valence electrons. The Kier molecular flexibility index (Phi) is 3.11. The predicted octanol–water partition coefficient (Wildman–Crippen LogP) is 3.24. The Morgan fingerprint density at radius 2 is 2.21 bits per heavy atom. The molecule has 19 heavy (non-hydrogen) atoms. The summed E-state index contributed by atoms with van der Waals surface area (Å²) in [7, 11) is 0. The summed E-state index contributed by atoms with van der Waals surface area (Å²) in [5, 5.41) is 3.80. The molecule has 0 aliphatic heterocycles. The van der Waals surface area contributed by atoms with Crippen molar-refractivity contribution in [2.45, 2.75) is 19.3 Å². The van der Waals surface area contributed by atoms with Crippen molar-refractivity contribution in [2.24, 2.45) is 5.92 Å². The maximum absolute atomic E-state index is 13.4. The van der Waals surface area contributed by atoms with Crippen molar-refractivity contribution in [1.29, 1.82) is 0 Å². The van der Waals surface area contributed by atoms with Gasteiger partial charge in [0.05, 0.1) is 6.61 Å². The summed E-state index contributed by atoms with van der Waals surface area (Å²) in [6, 6.07) is 5.94. The van der Waals surface area contributed by atoms with Crippen LogP contribution in [0.15, 0.2) is 28.8 Å². The Morgan fingerprint density at radius 1 is 1.37 bits per heavy atom. The Labute approximate surface area is 110 Å². The van der Waals surface area contributed by atoms with Gasteiger partial charge in [-0.15, -0.1) is 0 Å². The molecule has 1 heterocycles. The average molecular weight is 262 g/mol. The third-order valence-electron chi connectivity index (χ3n) is 3.45. The molecule has 1 fully saturated rings. The quantitative estimate of drug-likeness (QED) is 0.918. The first kappa shape index (κ1) is 12.0. The molecule has 1 aliphatic rings. The van der Waals surface area contributed by atoms with Crippen LogP contribution in [0, 0.1) is 11.7 Å². The standard InChI is InChI=1S/C14H15FN2O2/c15-10-4-5-13(18-8-9-2-1-3-9)11(6-10)12-7-14(16)19-17-12/h4-7,9H,1-3,8,16H2. The van der Waals surface area contributed by atoms with E-state index in [1.807, 2.05) is 0 Å². The second kappa shape index (κ2) is 4.91. The molecular formula is C14H15FN2O2. The molecule has 0 atom stereocenters. The second-order valence-electron chi connectivity index (χ2n) is 4.86. The molecular weight excluding hydrogens is 247 g/mol. The number of halogens is 1. The highest BCUT2D eigenvalue weighted by Crippen LogP contribution is 2.33. The van der Waals surface area contributed by atoms with Crippen LogP contribution in [0.25, 0.3) is 11.3 Å². The zero-order chi connectivity index (χ0) is 13.2. The first-order chi connectivity index (χ1) is 9.22. The summed E-state index contributed by atoms with van der Waals surface area (Å²) in [6.45, 7) is 0.659. The van der Waals surface area contributed by atoms with Gasteiger partial charge in [0.2, 0.25) is 5.88 Å². The highest BCUT2D eigenvalue weighted by molar-refractivity contribution is 5.68. The van der Waals surface area contributed by atoms with Crippen molar-refractivity contribution >= 4 is 5.88 Å². The van der Waals surface area contributed by atoms with E-state index in [0.29, 0.717) is 29.5 Å². The number of nitrogens with zero attached hydrogens (tertiary/aromatic N) is 1. The van der Waals surface area contributed by atoms with Crippen molar-refractivity contribution in [1.82, 2.24) is 5.16 Å². The number of hydrogen-bond donors (Lipinski definition) is 1. The molecule has 0 unspecified atom stereocenters. The van der Waals surface area contributed by atoms with Crippen molar-refractivity contribution in [3.05, 3.63) is 30.1 Å². The number of anilines is 1. The number of hydrogen-bond acceptors (Lipinski definition) is 4. The van der Waals surface area contributed by atoms with Crippen LogP contribution in [-0.4, -0.2) is 11.8 Å². The molecule has 2 aromatic rings. The summed E-state index contributed by atoms with van der Waals surface area (Å²) in [4.78, 5) is 0. The van der Waals surface area contributed by atoms with E-state index in [2.05, 4.69) is 5.16 Å². The zero-order valence-electron chi connectivity index (χ0n) is 10.4. The van der Waals surface area contributed by atoms with E-state index < -0.39 is 0 Å². The minimum absolute atomic E-state index is 0.198. The van der Waals surface area contributed by atoms with Crippen LogP contribution in [0.5, 0.6) is 5.75 Å². The normalized spacial score (nSPS) is 15.2. The van der Waals surface area contributed by atoms with Gasteiger partial charge in [0, 0.05) is 11.6 Å². The lowest BCUT2D eigenvalue weighted by molar-refractivity contribution is 0.181. The van der Waals surface area contributed by atoms with Crippen LogP contribution in [0.1, 0.15) is 19.3 Å². The summed E-state index contributed by atoms with van der Waals surface area (Å²) in [6.07, 6.45) is 3.67. The molecule has 3 rings (SSSR count). The van der Waals surface area contributed by atoms with Gasteiger partial charge in [-0.1, -0.05) is 11.6 Å². The Hall–Kier alpha value is -2.04. The molecule has 4 nitrogen and oxygen atoms in total. The molecule has 1 aromatic heterocycles. The topological polar surface area (TPSA) is 61.3 Å². The Balaban J connectivity index is 1.85. The molecule has 0 spiro atoms. The zero-order valence-corrected chi connectivity index (χ0v) is 10.4. The van der Waals surface area contributed by atoms with Gasteiger partial charge in [-0.2, -0.15) is 0 Å². The van der Waals surface area contributed by atoms with Gasteiger partial charge in [-0.25, -0.2) is 4.39 Å². The van der Waals surface area contributed by atoms with Gasteiger partial charge >= 0.3 is 0 Å². The van der Waals surface area contributed by atoms with E-state index in [4.69, 9.17) is 15.0 Å². The van der Waals surface area contributed by atoms with Crippen molar-refractivity contribution in [3.8, 4) is 17.0 Å². The lowest BCUT2D eigenvalue weighted by Gasteiger charge is -2.25. The number of benzene rings is 1. The van der Waals surface area contributed by atoms with Crippen LogP contribution < -0.4 is 10.5 Å². The van der Waals surface area contributed by atoms with E-state index in [1.165, 1.54) is 31.4 Å². The lowest BCUT2D eigenvalue weighted by atomic mass is 9.86. The molecule has 0 radical (unpaired) electrons. The van der Waals surface area contributed by atoms with Crippen LogP contribution in [-0.2, 0) is 0 Å². The minimum atomic E-state index is -0.340. The van der Waals surface area contributed by atoms with E-state index in [0.717, 1.165) is 0 Å². The van der Waals surface area contributed by atoms with E-state index >= 15 is 0 Å². The summed E-state index contributed by atoms with van der Waals surface area (Å²) in [5.41, 5.74) is 6.55. The van der Waals surface area contributed by atoms with E-state index in [-0.39, 0.29) is 11.7 Å². The smallest absolute Gasteiger partial charge is 0.222 e. The lowest BCUT2D eigenvalue weighted by Crippen LogP contribution is -2.19. The predicted molar refractivity (Wildman–Crippen MR) is 69.1 cm³/mol. The first-order valence-electron chi connectivity index (χ1n) is 6.37. The van der Waals surface area contributed by atoms with Gasteiger partial charge in [-0.3, -0.25) is 0 Å². The van der Waals surface area contributed by atoms with Crippen molar-refractivity contribution in [3.63, 3.8) is 0 Å². The van der Waals surface area contributed by atoms with Gasteiger partial charge in [-0.05, 0) is 37.0 Å². The summed E-state index contributed by atoms with van der Waals surface area (Å²) in [5.74, 6) is 1.08.